The van der Waals surface area contributed by atoms with E-state index in [1.807, 2.05) is 59.1 Å². The van der Waals surface area contributed by atoms with Crippen molar-refractivity contribution >= 4 is 35.8 Å². The third kappa shape index (κ3) is 7.68. The highest BCUT2D eigenvalue weighted by Crippen LogP contribution is 2.38. The van der Waals surface area contributed by atoms with E-state index < -0.39 is 0 Å². The summed E-state index contributed by atoms with van der Waals surface area (Å²) < 4.78 is 5.69. The van der Waals surface area contributed by atoms with Gasteiger partial charge in [0.15, 0.2) is 5.96 Å². The number of amides is 1. The summed E-state index contributed by atoms with van der Waals surface area (Å²) >= 11 is 0. The van der Waals surface area contributed by atoms with Crippen LogP contribution in [0, 0.1) is 5.41 Å². The van der Waals surface area contributed by atoms with E-state index >= 15 is 0 Å². The molecule has 1 fully saturated rings. The number of nitrogens with one attached hydrogen (secondary N) is 2. The fourth-order valence-electron chi connectivity index (χ4n) is 3.70. The second-order valence-electron chi connectivity index (χ2n) is 8.05. The number of ether oxygens (including phenoxy) is 1. The van der Waals surface area contributed by atoms with Gasteiger partial charge in [0.2, 0.25) is 5.91 Å². The summed E-state index contributed by atoms with van der Waals surface area (Å²) in [5.41, 5.74) is 0.809. The van der Waals surface area contributed by atoms with Crippen LogP contribution in [-0.2, 0) is 11.3 Å². The summed E-state index contributed by atoms with van der Waals surface area (Å²) in [7, 11) is 3.68. The van der Waals surface area contributed by atoms with E-state index in [0.29, 0.717) is 13.1 Å². The lowest BCUT2D eigenvalue weighted by atomic mass is 9.84. The van der Waals surface area contributed by atoms with Gasteiger partial charge in [-0.3, -0.25) is 4.79 Å². The quantitative estimate of drug-likeness (QED) is 0.314. The molecule has 1 aliphatic rings. The van der Waals surface area contributed by atoms with Crippen LogP contribution in [0.2, 0.25) is 0 Å². The van der Waals surface area contributed by atoms with Crippen LogP contribution in [0.4, 0.5) is 0 Å². The van der Waals surface area contributed by atoms with Crippen LogP contribution in [0.3, 0.4) is 0 Å². The van der Waals surface area contributed by atoms with Gasteiger partial charge in [-0.2, -0.15) is 0 Å². The normalized spacial score (nSPS) is 15.6. The minimum atomic E-state index is -0.310. The summed E-state index contributed by atoms with van der Waals surface area (Å²) in [6.45, 7) is 8.06. The number of nitrogens with zero attached hydrogens (tertiary/aromatic N) is 2. The summed E-state index contributed by atoms with van der Waals surface area (Å²) in [6.07, 6.45) is 4.27. The molecule has 2 rings (SSSR count). The summed E-state index contributed by atoms with van der Waals surface area (Å²) in [4.78, 5) is 19.2. The predicted octanol–water partition coefficient (Wildman–Crippen LogP) is 3.80. The first kappa shape index (κ1) is 25.5. The summed E-state index contributed by atoms with van der Waals surface area (Å²) in [6, 6.07) is 8.04. The highest BCUT2D eigenvalue weighted by Gasteiger charge is 2.42. The molecule has 0 unspecified atom stereocenters. The van der Waals surface area contributed by atoms with Gasteiger partial charge < -0.3 is 20.3 Å². The average Bonchev–Trinajstić information content (AvgIpc) is 3.14. The minimum absolute atomic E-state index is 0. The van der Waals surface area contributed by atoms with Crippen LogP contribution in [0.5, 0.6) is 5.75 Å². The number of aliphatic imine (C=N–C) groups is 1. The molecule has 29 heavy (non-hydrogen) atoms. The lowest BCUT2D eigenvalue weighted by Gasteiger charge is -2.31. The molecule has 0 atom stereocenters. The molecule has 1 saturated carbocycles. The Hall–Kier alpha value is -1.51. The van der Waals surface area contributed by atoms with Crippen LogP contribution in [0.15, 0.2) is 29.3 Å². The number of hydrogen-bond donors (Lipinski definition) is 2. The third-order valence-electron chi connectivity index (χ3n) is 5.07. The van der Waals surface area contributed by atoms with Crippen LogP contribution in [0.1, 0.15) is 52.0 Å². The Morgan fingerprint density at radius 3 is 2.31 bits per heavy atom. The zero-order chi connectivity index (χ0) is 20.6. The SMILES string of the molecule is CCNC(=NCc1ccc(OC(C)C)cc1)NCC1(C(=O)N(C)C)CCCC1.I. The minimum Gasteiger partial charge on any atom is -0.491 e. The number of halogens is 1. The van der Waals surface area contributed by atoms with E-state index in [0.717, 1.165) is 49.5 Å². The average molecular weight is 516 g/mol. The first-order valence-corrected chi connectivity index (χ1v) is 10.4. The number of hydrogen-bond acceptors (Lipinski definition) is 3. The number of rotatable bonds is 8. The number of carbonyl (C=O) groups excluding carboxylic acids is 1. The Labute approximate surface area is 192 Å². The summed E-state index contributed by atoms with van der Waals surface area (Å²) in [5, 5.41) is 6.70. The highest BCUT2D eigenvalue weighted by atomic mass is 127. The van der Waals surface area contributed by atoms with Gasteiger partial charge in [-0.15, -0.1) is 24.0 Å². The van der Waals surface area contributed by atoms with Crippen molar-refractivity contribution in [1.82, 2.24) is 15.5 Å². The number of benzene rings is 1. The van der Waals surface area contributed by atoms with Crippen molar-refractivity contribution in [2.24, 2.45) is 10.4 Å². The van der Waals surface area contributed by atoms with Crippen molar-refractivity contribution < 1.29 is 9.53 Å². The second kappa shape index (κ2) is 12.2. The largest absolute Gasteiger partial charge is 0.491 e. The molecule has 1 aromatic rings. The van der Waals surface area contributed by atoms with Gasteiger partial charge in [0.25, 0.3) is 0 Å². The van der Waals surface area contributed by atoms with Crippen molar-refractivity contribution in [3.8, 4) is 5.75 Å². The van der Waals surface area contributed by atoms with Crippen molar-refractivity contribution in [1.29, 1.82) is 0 Å². The first-order chi connectivity index (χ1) is 13.4. The van der Waals surface area contributed by atoms with Crippen LogP contribution in [-0.4, -0.2) is 50.1 Å². The van der Waals surface area contributed by atoms with Crippen molar-refractivity contribution in [2.45, 2.75) is 59.1 Å². The molecule has 0 aliphatic heterocycles. The predicted molar refractivity (Wildman–Crippen MR) is 130 cm³/mol. The molecular formula is C22H37IN4O2. The van der Waals surface area contributed by atoms with Gasteiger partial charge in [0.05, 0.1) is 18.1 Å². The maximum atomic E-state index is 12.7. The van der Waals surface area contributed by atoms with Crippen molar-refractivity contribution in [2.75, 3.05) is 27.2 Å². The lowest BCUT2D eigenvalue weighted by Crippen LogP contribution is -2.49. The van der Waals surface area contributed by atoms with Crippen LogP contribution in [0.25, 0.3) is 0 Å². The van der Waals surface area contributed by atoms with Gasteiger partial charge in [-0.25, -0.2) is 4.99 Å². The van der Waals surface area contributed by atoms with E-state index in [1.54, 1.807) is 4.90 Å². The fraction of sp³-hybridized carbons (Fsp3) is 0.636. The first-order valence-electron chi connectivity index (χ1n) is 10.4. The molecule has 7 heteroatoms. The molecule has 0 radical (unpaired) electrons. The Morgan fingerprint density at radius 1 is 1.17 bits per heavy atom. The molecule has 2 N–H and O–H groups in total. The fourth-order valence-corrected chi connectivity index (χ4v) is 3.70. The van der Waals surface area contributed by atoms with Crippen molar-refractivity contribution in [3.05, 3.63) is 29.8 Å². The van der Waals surface area contributed by atoms with E-state index in [2.05, 4.69) is 10.6 Å². The van der Waals surface area contributed by atoms with Gasteiger partial charge in [0.1, 0.15) is 5.75 Å². The molecule has 0 bridgehead atoms. The Kier molecular flexibility index (Phi) is 10.8. The van der Waals surface area contributed by atoms with E-state index in [9.17, 15) is 4.79 Å². The monoisotopic (exact) mass is 516 g/mol. The third-order valence-corrected chi connectivity index (χ3v) is 5.07. The van der Waals surface area contributed by atoms with Gasteiger partial charge in [-0.05, 0) is 51.3 Å². The lowest BCUT2D eigenvalue weighted by molar-refractivity contribution is -0.138. The standard InChI is InChI=1S/C22H36N4O2.HI/c1-6-23-21(24-15-18-9-11-19(12-10-18)28-17(2)3)25-16-22(13-7-8-14-22)20(27)26(4)5;/h9-12,17H,6-8,13-16H2,1-5H3,(H2,23,24,25);1H. The zero-order valence-corrected chi connectivity index (χ0v) is 20.8. The number of carbonyl (C=O) groups is 1. The number of guanidine groups is 1. The molecule has 1 aliphatic carbocycles. The Balaban J connectivity index is 0.00000420. The molecule has 6 nitrogen and oxygen atoms in total. The highest BCUT2D eigenvalue weighted by molar-refractivity contribution is 14.0. The molecule has 0 saturated heterocycles. The van der Waals surface area contributed by atoms with E-state index in [-0.39, 0.29) is 41.4 Å². The molecule has 0 aromatic heterocycles. The zero-order valence-electron chi connectivity index (χ0n) is 18.5. The molecule has 164 valence electrons. The molecule has 0 spiro atoms. The summed E-state index contributed by atoms with van der Waals surface area (Å²) in [5.74, 6) is 1.84. The van der Waals surface area contributed by atoms with Gasteiger partial charge >= 0.3 is 0 Å². The molecule has 0 heterocycles. The molecular weight excluding hydrogens is 479 g/mol. The van der Waals surface area contributed by atoms with Crippen LogP contribution >= 0.6 is 24.0 Å². The van der Waals surface area contributed by atoms with E-state index in [1.165, 1.54) is 0 Å². The molecule has 1 aromatic carbocycles. The van der Waals surface area contributed by atoms with Crippen LogP contribution < -0.4 is 15.4 Å². The smallest absolute Gasteiger partial charge is 0.230 e. The maximum Gasteiger partial charge on any atom is 0.230 e. The second-order valence-corrected chi connectivity index (χ2v) is 8.05. The Bertz CT molecular complexity index is 653. The van der Waals surface area contributed by atoms with Crippen molar-refractivity contribution in [3.63, 3.8) is 0 Å². The topological polar surface area (TPSA) is 66.0 Å². The van der Waals surface area contributed by atoms with Gasteiger partial charge in [-0.1, -0.05) is 25.0 Å². The van der Waals surface area contributed by atoms with E-state index in [4.69, 9.17) is 9.73 Å². The molecule has 1 amide bonds. The maximum absolute atomic E-state index is 12.7. The Morgan fingerprint density at radius 2 is 1.79 bits per heavy atom. The van der Waals surface area contributed by atoms with Gasteiger partial charge in [0, 0.05) is 27.2 Å².